The molecule has 2 heterocycles. The lowest BCUT2D eigenvalue weighted by Crippen LogP contribution is -2.39. The number of hydrogen-bond donors (Lipinski definition) is 2. The Morgan fingerprint density at radius 2 is 2.04 bits per heavy atom. The lowest BCUT2D eigenvalue weighted by Gasteiger charge is -2.16. The SMILES string of the molecule is O=C(CNC(=O)c1cc(Br)cs1)NCC1CCN(Cc2ccc(Cl)cc2)C1. The molecule has 5 nitrogen and oxygen atoms in total. The molecular weight excluding hydrogens is 450 g/mol. The Balaban J connectivity index is 1.34. The highest BCUT2D eigenvalue weighted by Crippen LogP contribution is 2.20. The number of rotatable bonds is 7. The van der Waals surface area contributed by atoms with Gasteiger partial charge in [0.25, 0.3) is 5.91 Å². The molecule has 3 rings (SSSR count). The maximum atomic E-state index is 12.0. The third kappa shape index (κ3) is 6.31. The fourth-order valence-electron chi connectivity index (χ4n) is 3.07. The highest BCUT2D eigenvalue weighted by Gasteiger charge is 2.23. The number of halogens is 2. The number of likely N-dealkylation sites (tertiary alicyclic amines) is 1. The van der Waals surface area contributed by atoms with Crippen LogP contribution in [0.3, 0.4) is 0 Å². The zero-order chi connectivity index (χ0) is 19.2. The summed E-state index contributed by atoms with van der Waals surface area (Å²) in [5.74, 6) is 0.0520. The van der Waals surface area contributed by atoms with Crippen LogP contribution in [0.5, 0.6) is 0 Å². The molecule has 0 radical (unpaired) electrons. The minimum Gasteiger partial charge on any atom is -0.354 e. The molecular formula is C19H21BrClN3O2S. The van der Waals surface area contributed by atoms with Crippen LogP contribution in [0.15, 0.2) is 40.2 Å². The molecule has 1 aliphatic rings. The van der Waals surface area contributed by atoms with Crippen molar-refractivity contribution >= 4 is 50.7 Å². The molecule has 27 heavy (non-hydrogen) atoms. The van der Waals surface area contributed by atoms with Gasteiger partial charge in [-0.2, -0.15) is 0 Å². The van der Waals surface area contributed by atoms with E-state index in [-0.39, 0.29) is 18.4 Å². The predicted octanol–water partition coefficient (Wildman–Crippen LogP) is 3.53. The van der Waals surface area contributed by atoms with Crippen molar-refractivity contribution in [2.24, 2.45) is 5.92 Å². The first-order valence-corrected chi connectivity index (χ1v) is 10.8. The van der Waals surface area contributed by atoms with Crippen molar-refractivity contribution in [3.05, 3.63) is 55.6 Å². The van der Waals surface area contributed by atoms with Crippen LogP contribution >= 0.6 is 38.9 Å². The van der Waals surface area contributed by atoms with E-state index >= 15 is 0 Å². The minimum atomic E-state index is -0.226. The molecule has 0 aliphatic carbocycles. The van der Waals surface area contributed by atoms with Gasteiger partial charge in [0.15, 0.2) is 0 Å². The second kappa shape index (κ2) is 9.68. The summed E-state index contributed by atoms with van der Waals surface area (Å²) in [5.41, 5.74) is 1.24. The van der Waals surface area contributed by atoms with Gasteiger partial charge in [0, 0.05) is 34.5 Å². The van der Waals surface area contributed by atoms with E-state index in [4.69, 9.17) is 11.6 Å². The van der Waals surface area contributed by atoms with Crippen LogP contribution < -0.4 is 10.6 Å². The zero-order valence-corrected chi connectivity index (χ0v) is 17.9. The average Bonchev–Trinajstić information content (AvgIpc) is 3.29. The molecule has 1 aromatic carbocycles. The third-order valence-electron chi connectivity index (χ3n) is 4.48. The Kier molecular flexibility index (Phi) is 7.29. The second-order valence-electron chi connectivity index (χ2n) is 6.63. The summed E-state index contributed by atoms with van der Waals surface area (Å²) in [6, 6.07) is 9.66. The van der Waals surface area contributed by atoms with Crippen molar-refractivity contribution in [3.63, 3.8) is 0 Å². The molecule has 1 atom stereocenters. The molecule has 144 valence electrons. The number of thiophene rings is 1. The van der Waals surface area contributed by atoms with Gasteiger partial charge in [0.1, 0.15) is 0 Å². The number of amides is 2. The number of hydrogen-bond acceptors (Lipinski definition) is 4. The van der Waals surface area contributed by atoms with Gasteiger partial charge >= 0.3 is 0 Å². The highest BCUT2D eigenvalue weighted by atomic mass is 79.9. The molecule has 0 spiro atoms. The molecule has 8 heteroatoms. The van der Waals surface area contributed by atoms with Crippen LogP contribution in [0.2, 0.25) is 5.02 Å². The minimum absolute atomic E-state index is 0.00440. The third-order valence-corrected chi connectivity index (χ3v) is 6.42. The summed E-state index contributed by atoms with van der Waals surface area (Å²) >= 11 is 10.6. The summed E-state index contributed by atoms with van der Waals surface area (Å²) in [4.78, 5) is 26.9. The topological polar surface area (TPSA) is 61.4 Å². The number of nitrogens with zero attached hydrogens (tertiary/aromatic N) is 1. The van der Waals surface area contributed by atoms with E-state index in [1.807, 2.05) is 29.6 Å². The van der Waals surface area contributed by atoms with Gasteiger partial charge < -0.3 is 10.6 Å². The molecule has 1 unspecified atom stereocenters. The van der Waals surface area contributed by atoms with Gasteiger partial charge in [-0.25, -0.2) is 0 Å². The molecule has 2 N–H and O–H groups in total. The highest BCUT2D eigenvalue weighted by molar-refractivity contribution is 9.10. The Bertz CT molecular complexity index is 797. The number of benzene rings is 1. The van der Waals surface area contributed by atoms with Crippen LogP contribution in [0.25, 0.3) is 0 Å². The lowest BCUT2D eigenvalue weighted by atomic mass is 10.1. The fraction of sp³-hybridized carbons (Fsp3) is 0.368. The largest absolute Gasteiger partial charge is 0.354 e. The van der Waals surface area contributed by atoms with Crippen molar-refractivity contribution in [1.29, 1.82) is 0 Å². The van der Waals surface area contributed by atoms with E-state index < -0.39 is 0 Å². The number of nitrogens with one attached hydrogen (secondary N) is 2. The van der Waals surface area contributed by atoms with Gasteiger partial charge in [-0.3, -0.25) is 14.5 Å². The van der Waals surface area contributed by atoms with E-state index in [0.717, 1.165) is 35.6 Å². The van der Waals surface area contributed by atoms with Gasteiger partial charge in [0.2, 0.25) is 5.91 Å². The van der Waals surface area contributed by atoms with E-state index in [1.54, 1.807) is 6.07 Å². The van der Waals surface area contributed by atoms with Gasteiger partial charge in [-0.1, -0.05) is 23.7 Å². The first-order chi connectivity index (χ1) is 13.0. The lowest BCUT2D eigenvalue weighted by molar-refractivity contribution is -0.120. The Hall–Kier alpha value is -1.41. The van der Waals surface area contributed by atoms with Crippen LogP contribution in [0.4, 0.5) is 0 Å². The van der Waals surface area contributed by atoms with Gasteiger partial charge in [0.05, 0.1) is 11.4 Å². The van der Waals surface area contributed by atoms with E-state index in [2.05, 4.69) is 31.5 Å². The summed E-state index contributed by atoms with van der Waals surface area (Å²) in [6.07, 6.45) is 1.06. The maximum absolute atomic E-state index is 12.0. The fourth-order valence-corrected chi connectivity index (χ4v) is 4.54. The van der Waals surface area contributed by atoms with E-state index in [1.165, 1.54) is 16.9 Å². The molecule has 0 bridgehead atoms. The predicted molar refractivity (Wildman–Crippen MR) is 112 cm³/mol. The Morgan fingerprint density at radius 1 is 1.26 bits per heavy atom. The van der Waals surface area contributed by atoms with Crippen molar-refractivity contribution in [3.8, 4) is 0 Å². The summed E-state index contributed by atoms with van der Waals surface area (Å²) in [5, 5.41) is 8.16. The number of carbonyl (C=O) groups excluding carboxylic acids is 2. The van der Waals surface area contributed by atoms with Crippen LogP contribution in [-0.4, -0.2) is 42.9 Å². The van der Waals surface area contributed by atoms with Crippen molar-refractivity contribution in [1.82, 2.24) is 15.5 Å². The summed E-state index contributed by atoms with van der Waals surface area (Å²) < 4.78 is 0.867. The molecule has 1 saturated heterocycles. The van der Waals surface area contributed by atoms with Crippen molar-refractivity contribution in [2.75, 3.05) is 26.2 Å². The first-order valence-electron chi connectivity index (χ1n) is 8.75. The zero-order valence-electron chi connectivity index (χ0n) is 14.7. The molecule has 0 saturated carbocycles. The van der Waals surface area contributed by atoms with E-state index in [0.29, 0.717) is 17.3 Å². The van der Waals surface area contributed by atoms with E-state index in [9.17, 15) is 9.59 Å². The maximum Gasteiger partial charge on any atom is 0.261 e. The molecule has 2 amide bonds. The molecule has 2 aromatic rings. The van der Waals surface area contributed by atoms with Crippen LogP contribution in [0, 0.1) is 5.92 Å². The smallest absolute Gasteiger partial charge is 0.261 e. The summed E-state index contributed by atoms with van der Waals surface area (Å²) in [6.45, 7) is 3.51. The number of carbonyl (C=O) groups is 2. The van der Waals surface area contributed by atoms with Crippen LogP contribution in [0.1, 0.15) is 21.7 Å². The van der Waals surface area contributed by atoms with Crippen LogP contribution in [-0.2, 0) is 11.3 Å². The Morgan fingerprint density at radius 3 is 2.74 bits per heavy atom. The standard InChI is InChI=1S/C19H21BrClN3O2S/c20-15-7-17(27-12-15)19(26)23-9-18(25)22-8-14-5-6-24(11-14)10-13-1-3-16(21)4-2-13/h1-4,7,12,14H,5-6,8-11H2,(H,22,25)(H,23,26). The molecule has 1 fully saturated rings. The normalized spacial score (nSPS) is 17.0. The summed E-state index contributed by atoms with van der Waals surface area (Å²) in [7, 11) is 0. The Labute approximate surface area is 176 Å². The monoisotopic (exact) mass is 469 g/mol. The molecule has 1 aromatic heterocycles. The quantitative estimate of drug-likeness (QED) is 0.651. The average molecular weight is 471 g/mol. The van der Waals surface area contributed by atoms with Crippen molar-refractivity contribution < 1.29 is 9.59 Å². The van der Waals surface area contributed by atoms with Gasteiger partial charge in [-0.15, -0.1) is 11.3 Å². The van der Waals surface area contributed by atoms with Gasteiger partial charge in [-0.05, 0) is 58.6 Å². The first kappa shape index (κ1) is 20.3. The molecule has 1 aliphatic heterocycles. The van der Waals surface area contributed by atoms with Crippen molar-refractivity contribution in [2.45, 2.75) is 13.0 Å². The second-order valence-corrected chi connectivity index (χ2v) is 8.90.